The third-order valence-corrected chi connectivity index (χ3v) is 4.22. The van der Waals surface area contributed by atoms with Gasteiger partial charge in [-0.3, -0.25) is 0 Å². The van der Waals surface area contributed by atoms with Crippen LogP contribution in [0.15, 0.2) is 22.7 Å². The van der Waals surface area contributed by atoms with Crippen LogP contribution in [0.1, 0.15) is 23.7 Å². The monoisotopic (exact) mass is 374 g/mol. The van der Waals surface area contributed by atoms with E-state index >= 15 is 0 Å². The second kappa shape index (κ2) is 8.29. The average molecular weight is 375 g/mol. The number of carbonyl (C=O) groups excluding carboxylic acids is 1. The minimum atomic E-state index is -1.03. The number of anilines is 1. The van der Waals surface area contributed by atoms with Gasteiger partial charge in [-0.1, -0.05) is 15.9 Å². The van der Waals surface area contributed by atoms with E-state index in [1.54, 1.807) is 29.8 Å². The van der Waals surface area contributed by atoms with Crippen LogP contribution in [0, 0.1) is 0 Å². The van der Waals surface area contributed by atoms with Crippen molar-refractivity contribution < 1.29 is 14.7 Å². The van der Waals surface area contributed by atoms with E-state index in [0.717, 1.165) is 12.2 Å². The van der Waals surface area contributed by atoms with E-state index in [9.17, 15) is 9.59 Å². The van der Waals surface area contributed by atoms with Crippen molar-refractivity contribution in [1.82, 2.24) is 4.90 Å². The molecule has 0 aliphatic carbocycles. The zero-order valence-electron chi connectivity index (χ0n) is 12.2. The largest absolute Gasteiger partial charge is 0.478 e. The molecular formula is C14H19BrN2O3S. The predicted molar refractivity (Wildman–Crippen MR) is 90.3 cm³/mol. The van der Waals surface area contributed by atoms with Crippen molar-refractivity contribution in [2.45, 2.75) is 19.4 Å². The maximum atomic E-state index is 12.2. The smallest absolute Gasteiger partial charge is 0.335 e. The first-order valence-corrected chi connectivity index (χ1v) is 8.60. The molecule has 0 heterocycles. The molecule has 21 heavy (non-hydrogen) atoms. The SMILES string of the molecule is CSCCC(C)N(C)C(=O)Nc1cc(Br)cc(C(=O)O)c1. The number of urea groups is 1. The van der Waals surface area contributed by atoms with Gasteiger partial charge >= 0.3 is 12.0 Å². The summed E-state index contributed by atoms with van der Waals surface area (Å²) in [6.07, 6.45) is 2.94. The average Bonchev–Trinajstić information content (AvgIpc) is 2.43. The summed E-state index contributed by atoms with van der Waals surface area (Å²) in [7, 11) is 1.73. The Bertz CT molecular complexity index is 525. The summed E-state index contributed by atoms with van der Waals surface area (Å²) < 4.78 is 0.607. The zero-order chi connectivity index (χ0) is 16.0. The van der Waals surface area contributed by atoms with E-state index in [2.05, 4.69) is 21.2 Å². The number of carboxylic acid groups (broad SMARTS) is 1. The number of benzene rings is 1. The molecule has 0 spiro atoms. The van der Waals surface area contributed by atoms with Crippen LogP contribution >= 0.6 is 27.7 Å². The summed E-state index contributed by atoms with van der Waals surface area (Å²) in [5.41, 5.74) is 0.577. The normalized spacial score (nSPS) is 11.8. The molecule has 2 N–H and O–H groups in total. The highest BCUT2D eigenvalue weighted by atomic mass is 79.9. The molecule has 5 nitrogen and oxygen atoms in total. The maximum absolute atomic E-state index is 12.2. The van der Waals surface area contributed by atoms with E-state index in [4.69, 9.17) is 5.11 Å². The van der Waals surface area contributed by atoms with Gasteiger partial charge in [0.15, 0.2) is 0 Å². The summed E-state index contributed by atoms with van der Waals surface area (Å²) in [5, 5.41) is 11.7. The van der Waals surface area contributed by atoms with Crippen molar-refractivity contribution in [3.8, 4) is 0 Å². The number of rotatable bonds is 6. The topological polar surface area (TPSA) is 69.6 Å². The molecule has 0 aliphatic rings. The van der Waals surface area contributed by atoms with Gasteiger partial charge in [0.1, 0.15) is 0 Å². The summed E-state index contributed by atoms with van der Waals surface area (Å²) in [6, 6.07) is 4.46. The molecule has 1 aromatic rings. The Labute approximate surface area is 137 Å². The van der Waals surface area contributed by atoms with Gasteiger partial charge in [-0.15, -0.1) is 0 Å². The number of thioether (sulfide) groups is 1. The number of nitrogens with zero attached hydrogens (tertiary/aromatic N) is 1. The number of carbonyl (C=O) groups is 2. The molecule has 0 radical (unpaired) electrons. The van der Waals surface area contributed by atoms with Crippen molar-refractivity contribution in [2.75, 3.05) is 24.4 Å². The lowest BCUT2D eigenvalue weighted by Gasteiger charge is -2.25. The zero-order valence-corrected chi connectivity index (χ0v) is 14.6. The molecule has 1 aromatic carbocycles. The van der Waals surface area contributed by atoms with Gasteiger partial charge in [0, 0.05) is 23.2 Å². The molecule has 0 aromatic heterocycles. The van der Waals surface area contributed by atoms with Crippen molar-refractivity contribution in [3.63, 3.8) is 0 Å². The molecule has 0 aliphatic heterocycles. The molecule has 1 rings (SSSR count). The second-order valence-corrected chi connectivity index (χ2v) is 6.61. The van der Waals surface area contributed by atoms with Gasteiger partial charge in [0.05, 0.1) is 5.56 Å². The summed E-state index contributed by atoms with van der Waals surface area (Å²) in [5.74, 6) is -0.0488. The Hall–Kier alpha value is -1.21. The lowest BCUT2D eigenvalue weighted by atomic mass is 10.2. The lowest BCUT2D eigenvalue weighted by molar-refractivity contribution is 0.0696. The second-order valence-electron chi connectivity index (χ2n) is 4.71. The van der Waals surface area contributed by atoms with E-state index in [-0.39, 0.29) is 17.6 Å². The first kappa shape index (κ1) is 17.8. The molecule has 0 saturated heterocycles. The fourth-order valence-corrected chi connectivity index (χ4v) is 2.75. The minimum Gasteiger partial charge on any atom is -0.478 e. The highest BCUT2D eigenvalue weighted by molar-refractivity contribution is 9.10. The van der Waals surface area contributed by atoms with Crippen LogP contribution in [0.25, 0.3) is 0 Å². The predicted octanol–water partition coefficient (Wildman–Crippen LogP) is 3.75. The first-order chi connectivity index (χ1) is 9.85. The number of carboxylic acids is 1. The van der Waals surface area contributed by atoms with Gasteiger partial charge in [-0.2, -0.15) is 11.8 Å². The fourth-order valence-electron chi connectivity index (χ4n) is 1.68. The molecule has 2 amide bonds. The van der Waals surface area contributed by atoms with Crippen LogP contribution in [0.5, 0.6) is 0 Å². The highest BCUT2D eigenvalue weighted by Crippen LogP contribution is 2.20. The van der Waals surface area contributed by atoms with Crippen molar-refractivity contribution in [2.24, 2.45) is 0 Å². The van der Waals surface area contributed by atoms with Crippen LogP contribution in [0.3, 0.4) is 0 Å². The molecule has 1 atom stereocenters. The van der Waals surface area contributed by atoms with Crippen LogP contribution in [-0.4, -0.2) is 47.1 Å². The van der Waals surface area contributed by atoms with Crippen LogP contribution in [-0.2, 0) is 0 Å². The molecule has 0 fully saturated rings. The van der Waals surface area contributed by atoms with E-state index < -0.39 is 5.97 Å². The number of nitrogens with one attached hydrogen (secondary N) is 1. The summed E-state index contributed by atoms with van der Waals surface area (Å²) in [4.78, 5) is 24.8. The molecule has 116 valence electrons. The van der Waals surface area contributed by atoms with Crippen molar-refractivity contribution >= 4 is 45.4 Å². The van der Waals surface area contributed by atoms with Gasteiger partial charge < -0.3 is 15.3 Å². The van der Waals surface area contributed by atoms with Gasteiger partial charge in [-0.05, 0) is 43.6 Å². The Balaban J connectivity index is 2.76. The Morgan fingerprint density at radius 3 is 2.67 bits per heavy atom. The summed E-state index contributed by atoms with van der Waals surface area (Å²) >= 11 is 4.98. The van der Waals surface area contributed by atoms with Crippen molar-refractivity contribution in [3.05, 3.63) is 28.2 Å². The third kappa shape index (κ3) is 5.59. The third-order valence-electron chi connectivity index (χ3n) is 3.12. The van der Waals surface area contributed by atoms with Crippen LogP contribution in [0.4, 0.5) is 10.5 Å². The molecular weight excluding hydrogens is 356 g/mol. The first-order valence-electron chi connectivity index (χ1n) is 6.41. The van der Waals surface area contributed by atoms with Crippen LogP contribution < -0.4 is 5.32 Å². The highest BCUT2D eigenvalue weighted by Gasteiger charge is 2.16. The van der Waals surface area contributed by atoms with E-state index in [1.165, 1.54) is 12.1 Å². The quantitative estimate of drug-likeness (QED) is 0.795. The van der Waals surface area contributed by atoms with Gasteiger partial charge in [0.2, 0.25) is 0 Å². The fraction of sp³-hybridized carbons (Fsp3) is 0.429. The Kier molecular flexibility index (Phi) is 7.04. The van der Waals surface area contributed by atoms with E-state index in [0.29, 0.717) is 10.2 Å². The number of hydrogen-bond acceptors (Lipinski definition) is 3. The summed E-state index contributed by atoms with van der Waals surface area (Å²) in [6.45, 7) is 1.99. The standard InChI is InChI=1S/C14H19BrN2O3S/c1-9(4-5-21-3)17(2)14(20)16-12-7-10(13(18)19)6-11(15)8-12/h6-9H,4-5H2,1-3H3,(H,16,20)(H,18,19). The molecule has 0 bridgehead atoms. The van der Waals surface area contributed by atoms with E-state index in [1.807, 2.05) is 13.2 Å². The maximum Gasteiger partial charge on any atom is 0.335 e. The minimum absolute atomic E-state index is 0.114. The molecule has 0 saturated carbocycles. The van der Waals surface area contributed by atoms with Crippen molar-refractivity contribution in [1.29, 1.82) is 0 Å². The van der Waals surface area contributed by atoms with Crippen LogP contribution in [0.2, 0.25) is 0 Å². The van der Waals surface area contributed by atoms with Gasteiger partial charge in [0.25, 0.3) is 0 Å². The van der Waals surface area contributed by atoms with Gasteiger partial charge in [-0.25, -0.2) is 9.59 Å². The molecule has 7 heteroatoms. The number of hydrogen-bond donors (Lipinski definition) is 2. The molecule has 1 unspecified atom stereocenters. The Morgan fingerprint density at radius 2 is 2.10 bits per heavy atom. The number of aromatic carboxylic acids is 1. The number of halogens is 1. The Morgan fingerprint density at radius 1 is 1.43 bits per heavy atom. The lowest BCUT2D eigenvalue weighted by Crippen LogP contribution is -2.38. The number of amides is 2.